The molecular formula is C14H22FN3. The second-order valence-corrected chi connectivity index (χ2v) is 5.75. The lowest BCUT2D eigenvalue weighted by Gasteiger charge is -2.31. The van der Waals surface area contributed by atoms with Crippen LogP contribution in [0.25, 0.3) is 0 Å². The molecule has 100 valence electrons. The summed E-state index contributed by atoms with van der Waals surface area (Å²) < 4.78 is 14.8. The minimum absolute atomic E-state index is 0.167. The standard InChI is InChI=1S/C14H22FN3/c1-17-14(12-5-2-6-13(12)16-17)10-18-7-3-4-11(8-15)9-18/h11H,2-10H2,1H3. The molecule has 1 aromatic rings. The molecule has 1 aliphatic heterocycles. The first-order valence-corrected chi connectivity index (χ1v) is 7.10. The maximum Gasteiger partial charge on any atom is 0.0934 e. The summed E-state index contributed by atoms with van der Waals surface area (Å²) in [6.45, 7) is 2.81. The van der Waals surface area contributed by atoms with Gasteiger partial charge < -0.3 is 0 Å². The van der Waals surface area contributed by atoms with Crippen molar-refractivity contribution in [2.24, 2.45) is 13.0 Å². The van der Waals surface area contributed by atoms with Crippen LogP contribution in [0.5, 0.6) is 0 Å². The van der Waals surface area contributed by atoms with Crippen LogP contribution in [0.4, 0.5) is 4.39 Å². The van der Waals surface area contributed by atoms with Crippen molar-refractivity contribution in [3.8, 4) is 0 Å². The van der Waals surface area contributed by atoms with E-state index in [-0.39, 0.29) is 12.6 Å². The SMILES string of the molecule is Cn1nc2c(c1CN1CCCC(CF)C1)CCC2. The molecule has 1 aromatic heterocycles. The quantitative estimate of drug-likeness (QED) is 0.820. The van der Waals surface area contributed by atoms with Crippen molar-refractivity contribution in [2.75, 3.05) is 19.8 Å². The molecule has 0 aromatic carbocycles. The number of aryl methyl sites for hydroxylation is 2. The molecule has 1 aliphatic carbocycles. The van der Waals surface area contributed by atoms with Gasteiger partial charge in [-0.15, -0.1) is 0 Å². The van der Waals surface area contributed by atoms with Crippen LogP contribution in [0, 0.1) is 5.92 Å². The van der Waals surface area contributed by atoms with Gasteiger partial charge in [-0.1, -0.05) is 0 Å². The van der Waals surface area contributed by atoms with Crippen LogP contribution < -0.4 is 0 Å². The molecule has 1 fully saturated rings. The number of fused-ring (bicyclic) bond motifs is 1. The van der Waals surface area contributed by atoms with Crippen molar-refractivity contribution in [3.05, 3.63) is 17.0 Å². The second kappa shape index (κ2) is 5.00. The van der Waals surface area contributed by atoms with Gasteiger partial charge in [0, 0.05) is 26.1 Å². The molecule has 1 saturated heterocycles. The molecule has 0 N–H and O–H groups in total. The highest BCUT2D eigenvalue weighted by Gasteiger charge is 2.25. The summed E-state index contributed by atoms with van der Waals surface area (Å²) in [7, 11) is 2.05. The summed E-state index contributed by atoms with van der Waals surface area (Å²) in [5, 5.41) is 4.61. The Morgan fingerprint density at radius 3 is 3.06 bits per heavy atom. The van der Waals surface area contributed by atoms with Gasteiger partial charge >= 0.3 is 0 Å². The molecule has 2 heterocycles. The maximum atomic E-state index is 12.8. The predicted molar refractivity (Wildman–Crippen MR) is 69.2 cm³/mol. The zero-order chi connectivity index (χ0) is 12.5. The van der Waals surface area contributed by atoms with Crippen LogP contribution in [0.1, 0.15) is 36.2 Å². The van der Waals surface area contributed by atoms with Gasteiger partial charge in [0.25, 0.3) is 0 Å². The van der Waals surface area contributed by atoms with Crippen LogP contribution in [0.3, 0.4) is 0 Å². The van der Waals surface area contributed by atoms with Crippen molar-refractivity contribution < 1.29 is 4.39 Å². The molecule has 1 atom stereocenters. The maximum absolute atomic E-state index is 12.8. The number of alkyl halides is 1. The van der Waals surface area contributed by atoms with E-state index in [9.17, 15) is 4.39 Å². The normalized spacial score (nSPS) is 24.4. The number of piperidine rings is 1. The Labute approximate surface area is 108 Å². The molecule has 2 aliphatic rings. The first-order valence-electron chi connectivity index (χ1n) is 7.10. The van der Waals surface area contributed by atoms with E-state index in [1.807, 2.05) is 11.7 Å². The van der Waals surface area contributed by atoms with Gasteiger partial charge in [0.1, 0.15) is 0 Å². The van der Waals surface area contributed by atoms with Gasteiger partial charge in [-0.2, -0.15) is 5.10 Å². The number of likely N-dealkylation sites (tertiary alicyclic amines) is 1. The molecule has 4 heteroatoms. The number of rotatable bonds is 3. The van der Waals surface area contributed by atoms with Crippen molar-refractivity contribution in [1.29, 1.82) is 0 Å². The third-order valence-corrected chi connectivity index (χ3v) is 4.39. The lowest BCUT2D eigenvalue weighted by atomic mass is 9.99. The summed E-state index contributed by atoms with van der Waals surface area (Å²) in [6, 6.07) is 0. The third-order valence-electron chi connectivity index (χ3n) is 4.39. The second-order valence-electron chi connectivity index (χ2n) is 5.75. The molecule has 1 unspecified atom stereocenters. The lowest BCUT2D eigenvalue weighted by Crippen LogP contribution is -2.36. The van der Waals surface area contributed by atoms with E-state index in [0.29, 0.717) is 0 Å². The molecule has 0 amide bonds. The topological polar surface area (TPSA) is 21.1 Å². The zero-order valence-electron chi connectivity index (χ0n) is 11.2. The highest BCUT2D eigenvalue weighted by molar-refractivity contribution is 5.30. The van der Waals surface area contributed by atoms with Crippen molar-refractivity contribution in [1.82, 2.24) is 14.7 Å². The van der Waals surface area contributed by atoms with Crippen LogP contribution in [-0.2, 0) is 26.4 Å². The Hall–Kier alpha value is -0.900. The first-order chi connectivity index (χ1) is 8.78. The van der Waals surface area contributed by atoms with E-state index < -0.39 is 0 Å². The fraction of sp³-hybridized carbons (Fsp3) is 0.786. The summed E-state index contributed by atoms with van der Waals surface area (Å²) in [4.78, 5) is 2.41. The van der Waals surface area contributed by atoms with Crippen LogP contribution in [0.15, 0.2) is 0 Å². The average Bonchev–Trinajstić information content (AvgIpc) is 2.93. The molecule has 0 spiro atoms. The number of nitrogens with zero attached hydrogens (tertiary/aromatic N) is 3. The highest BCUT2D eigenvalue weighted by Crippen LogP contribution is 2.26. The smallest absolute Gasteiger partial charge is 0.0934 e. The first kappa shape index (κ1) is 12.2. The Kier molecular flexibility index (Phi) is 3.37. The van der Waals surface area contributed by atoms with Crippen molar-refractivity contribution >= 4 is 0 Å². The fourth-order valence-corrected chi connectivity index (χ4v) is 3.42. The number of halogens is 1. The Balaban J connectivity index is 1.72. The van der Waals surface area contributed by atoms with Gasteiger partial charge in [-0.25, -0.2) is 0 Å². The fourth-order valence-electron chi connectivity index (χ4n) is 3.42. The highest BCUT2D eigenvalue weighted by atomic mass is 19.1. The Bertz CT molecular complexity index is 427. The van der Waals surface area contributed by atoms with E-state index in [2.05, 4.69) is 10.00 Å². The summed E-state index contributed by atoms with van der Waals surface area (Å²) in [5.41, 5.74) is 4.13. The predicted octanol–water partition coefficient (Wildman–Crippen LogP) is 2.09. The van der Waals surface area contributed by atoms with Gasteiger partial charge in [0.15, 0.2) is 0 Å². The minimum atomic E-state index is -0.167. The summed E-state index contributed by atoms with van der Waals surface area (Å²) in [6.07, 6.45) is 5.75. The number of aromatic nitrogens is 2. The van der Waals surface area contributed by atoms with E-state index in [4.69, 9.17) is 0 Å². The molecule has 3 rings (SSSR count). The van der Waals surface area contributed by atoms with Gasteiger partial charge in [0.2, 0.25) is 0 Å². The number of hydrogen-bond acceptors (Lipinski definition) is 2. The van der Waals surface area contributed by atoms with E-state index in [1.165, 1.54) is 29.8 Å². The third kappa shape index (κ3) is 2.18. The number of hydrogen-bond donors (Lipinski definition) is 0. The molecular weight excluding hydrogens is 229 g/mol. The minimum Gasteiger partial charge on any atom is -0.297 e. The van der Waals surface area contributed by atoms with E-state index >= 15 is 0 Å². The molecule has 18 heavy (non-hydrogen) atoms. The molecule has 0 radical (unpaired) electrons. The van der Waals surface area contributed by atoms with Crippen molar-refractivity contribution in [2.45, 2.75) is 38.6 Å². The van der Waals surface area contributed by atoms with Crippen LogP contribution in [0.2, 0.25) is 0 Å². The molecule has 0 bridgehead atoms. The van der Waals surface area contributed by atoms with Crippen LogP contribution >= 0.6 is 0 Å². The summed E-state index contributed by atoms with van der Waals surface area (Å²) >= 11 is 0. The van der Waals surface area contributed by atoms with E-state index in [1.54, 1.807) is 0 Å². The van der Waals surface area contributed by atoms with Gasteiger partial charge in [0.05, 0.1) is 18.1 Å². The van der Waals surface area contributed by atoms with E-state index in [0.717, 1.165) is 38.9 Å². The lowest BCUT2D eigenvalue weighted by molar-refractivity contribution is 0.144. The average molecular weight is 251 g/mol. The monoisotopic (exact) mass is 251 g/mol. The Morgan fingerprint density at radius 2 is 2.22 bits per heavy atom. The van der Waals surface area contributed by atoms with Gasteiger partial charge in [-0.05, 0) is 44.2 Å². The van der Waals surface area contributed by atoms with Gasteiger partial charge in [-0.3, -0.25) is 14.0 Å². The largest absolute Gasteiger partial charge is 0.297 e. The summed E-state index contributed by atoms with van der Waals surface area (Å²) in [5.74, 6) is 0.250. The molecule has 3 nitrogen and oxygen atoms in total. The zero-order valence-corrected chi connectivity index (χ0v) is 11.2. The Morgan fingerprint density at radius 1 is 1.33 bits per heavy atom. The van der Waals surface area contributed by atoms with Crippen LogP contribution in [-0.4, -0.2) is 34.4 Å². The van der Waals surface area contributed by atoms with Crippen molar-refractivity contribution in [3.63, 3.8) is 0 Å². The molecule has 0 saturated carbocycles.